The Kier molecular flexibility index (Phi) is 13.1. The third kappa shape index (κ3) is 16.9. The number of carbonyl (C=O) groups excluding carboxylic acids is 4. The predicted molar refractivity (Wildman–Crippen MR) is 131 cm³/mol. The van der Waals surface area contributed by atoms with Gasteiger partial charge in [-0.15, -0.1) is 0 Å². The molecule has 0 aliphatic carbocycles. The fraction of sp³-hybridized carbons (Fsp3) is 0.826. The SMILES string of the molecule is COC(=O)COC(CNC(N)C(=O)OC(C)(C)C)CN(CNC(=O)OC(C)(C)C)C(=O)OC(C)(C)C. The minimum atomic E-state index is -1.19. The summed E-state index contributed by atoms with van der Waals surface area (Å²) in [6.07, 6.45) is -3.54. The first-order chi connectivity index (χ1) is 16.2. The van der Waals surface area contributed by atoms with Gasteiger partial charge in [-0.3, -0.25) is 10.2 Å². The number of ether oxygens (including phenoxy) is 5. The van der Waals surface area contributed by atoms with Crippen LogP contribution in [0.2, 0.25) is 0 Å². The second-order valence-corrected chi connectivity index (χ2v) is 11.0. The van der Waals surface area contributed by atoms with E-state index in [4.69, 9.17) is 24.7 Å². The van der Waals surface area contributed by atoms with Gasteiger partial charge in [0, 0.05) is 6.54 Å². The van der Waals surface area contributed by atoms with Crippen molar-refractivity contribution in [3.05, 3.63) is 0 Å². The van der Waals surface area contributed by atoms with Crippen LogP contribution in [0, 0.1) is 0 Å². The number of alkyl carbamates (subject to hydrolysis) is 1. The van der Waals surface area contributed by atoms with Crippen LogP contribution < -0.4 is 16.4 Å². The minimum Gasteiger partial charge on any atom is -0.467 e. The molecule has 0 saturated heterocycles. The van der Waals surface area contributed by atoms with Gasteiger partial charge in [0.25, 0.3) is 0 Å². The van der Waals surface area contributed by atoms with Crippen LogP contribution in [0.25, 0.3) is 0 Å². The van der Waals surface area contributed by atoms with Crippen LogP contribution in [0.4, 0.5) is 9.59 Å². The van der Waals surface area contributed by atoms with E-state index >= 15 is 0 Å². The summed E-state index contributed by atoms with van der Waals surface area (Å²) in [6, 6.07) is 0. The maximum atomic E-state index is 12.8. The average Bonchev–Trinajstić information content (AvgIpc) is 2.67. The molecular weight excluding hydrogens is 476 g/mol. The molecule has 0 spiro atoms. The Morgan fingerprint density at radius 1 is 0.861 bits per heavy atom. The fourth-order valence-corrected chi connectivity index (χ4v) is 2.38. The summed E-state index contributed by atoms with van der Waals surface area (Å²) in [4.78, 5) is 49.9. The van der Waals surface area contributed by atoms with E-state index in [0.29, 0.717) is 0 Å². The molecule has 2 unspecified atom stereocenters. The van der Waals surface area contributed by atoms with Crippen LogP contribution in [-0.2, 0) is 33.3 Å². The maximum Gasteiger partial charge on any atom is 0.411 e. The van der Waals surface area contributed by atoms with Gasteiger partial charge in [-0.2, -0.15) is 0 Å². The Morgan fingerprint density at radius 3 is 1.86 bits per heavy atom. The van der Waals surface area contributed by atoms with Gasteiger partial charge in [-0.1, -0.05) is 0 Å². The molecule has 0 rings (SSSR count). The summed E-state index contributed by atoms with van der Waals surface area (Å²) in [6.45, 7) is 14.4. The van der Waals surface area contributed by atoms with Crippen molar-refractivity contribution in [1.82, 2.24) is 15.5 Å². The zero-order valence-electron chi connectivity index (χ0n) is 23.2. The Hall–Kier alpha value is -2.64. The molecule has 0 saturated carbocycles. The highest BCUT2D eigenvalue weighted by molar-refractivity contribution is 5.75. The number of esters is 2. The largest absolute Gasteiger partial charge is 0.467 e. The molecule has 2 amide bonds. The first-order valence-corrected chi connectivity index (χ1v) is 11.6. The molecule has 210 valence electrons. The molecule has 2 atom stereocenters. The number of hydrogen-bond acceptors (Lipinski definition) is 11. The first-order valence-electron chi connectivity index (χ1n) is 11.6. The van der Waals surface area contributed by atoms with Crippen LogP contribution in [0.1, 0.15) is 62.3 Å². The summed E-state index contributed by atoms with van der Waals surface area (Å²) in [5, 5.41) is 5.26. The molecule has 4 N–H and O–H groups in total. The third-order valence-electron chi connectivity index (χ3n) is 3.78. The highest BCUT2D eigenvalue weighted by atomic mass is 16.6. The van der Waals surface area contributed by atoms with Gasteiger partial charge in [0.1, 0.15) is 23.4 Å². The minimum absolute atomic E-state index is 0.0524. The Bertz CT molecular complexity index is 739. The Labute approximate surface area is 213 Å². The van der Waals surface area contributed by atoms with E-state index in [1.165, 1.54) is 7.11 Å². The van der Waals surface area contributed by atoms with Crippen molar-refractivity contribution in [2.75, 3.05) is 33.5 Å². The molecular formula is C23H44N4O9. The fourth-order valence-electron chi connectivity index (χ4n) is 2.38. The molecule has 0 fully saturated rings. The molecule has 13 nitrogen and oxygen atoms in total. The lowest BCUT2D eigenvalue weighted by atomic mass is 10.2. The van der Waals surface area contributed by atoms with Crippen LogP contribution in [0.3, 0.4) is 0 Å². The lowest BCUT2D eigenvalue weighted by Gasteiger charge is -2.31. The number of methoxy groups -OCH3 is 1. The molecule has 0 bridgehead atoms. The molecule has 0 aromatic carbocycles. The van der Waals surface area contributed by atoms with Crippen LogP contribution in [0.5, 0.6) is 0 Å². The van der Waals surface area contributed by atoms with Crippen LogP contribution >= 0.6 is 0 Å². The summed E-state index contributed by atoms with van der Waals surface area (Å²) < 4.78 is 26.1. The summed E-state index contributed by atoms with van der Waals surface area (Å²) in [7, 11) is 1.20. The zero-order chi connectivity index (χ0) is 28.3. The lowest BCUT2D eigenvalue weighted by Crippen LogP contribution is -2.53. The number of nitrogens with zero attached hydrogens (tertiary/aromatic N) is 1. The predicted octanol–water partition coefficient (Wildman–Crippen LogP) is 1.48. The maximum absolute atomic E-state index is 12.8. The average molecular weight is 521 g/mol. The van der Waals surface area contributed by atoms with Gasteiger partial charge in [0.2, 0.25) is 0 Å². The number of hydrogen-bond donors (Lipinski definition) is 3. The third-order valence-corrected chi connectivity index (χ3v) is 3.78. The zero-order valence-corrected chi connectivity index (χ0v) is 23.2. The molecule has 36 heavy (non-hydrogen) atoms. The summed E-state index contributed by atoms with van der Waals surface area (Å²) in [5.41, 5.74) is 3.58. The van der Waals surface area contributed by atoms with Gasteiger partial charge in [-0.05, 0) is 62.3 Å². The lowest BCUT2D eigenvalue weighted by molar-refractivity contribution is -0.158. The van der Waals surface area contributed by atoms with Crippen molar-refractivity contribution in [2.45, 2.75) is 91.4 Å². The number of carbonyl (C=O) groups is 4. The van der Waals surface area contributed by atoms with E-state index in [1.807, 2.05) is 0 Å². The van der Waals surface area contributed by atoms with Gasteiger partial charge in [0.05, 0.1) is 26.4 Å². The standard InChI is InChI=1S/C23H44N4O9/c1-21(2,3)34-18(29)17(24)25-11-15(33-13-16(28)32-10)12-27(20(31)36-23(7,8)9)14-26-19(30)35-22(4,5)6/h15,17,25H,11-14,24H2,1-10H3,(H,26,30). The van der Waals surface area contributed by atoms with Crippen molar-refractivity contribution in [2.24, 2.45) is 5.73 Å². The highest BCUT2D eigenvalue weighted by Crippen LogP contribution is 2.12. The number of nitrogens with one attached hydrogen (secondary N) is 2. The van der Waals surface area contributed by atoms with Crippen molar-refractivity contribution < 1.29 is 42.9 Å². The second kappa shape index (κ2) is 14.2. The van der Waals surface area contributed by atoms with E-state index in [2.05, 4.69) is 15.4 Å². The number of amides is 2. The smallest absolute Gasteiger partial charge is 0.411 e. The van der Waals surface area contributed by atoms with E-state index < -0.39 is 59.8 Å². The second-order valence-electron chi connectivity index (χ2n) is 11.0. The van der Waals surface area contributed by atoms with E-state index in [-0.39, 0.29) is 19.8 Å². The van der Waals surface area contributed by atoms with E-state index in [0.717, 1.165) is 4.90 Å². The molecule has 0 aromatic rings. The van der Waals surface area contributed by atoms with Crippen LogP contribution in [0.15, 0.2) is 0 Å². The van der Waals surface area contributed by atoms with Crippen molar-refractivity contribution >= 4 is 24.1 Å². The van der Waals surface area contributed by atoms with Crippen molar-refractivity contribution in [3.63, 3.8) is 0 Å². The number of nitrogens with two attached hydrogens (primary N) is 1. The molecule has 0 aliphatic heterocycles. The molecule has 0 radical (unpaired) electrons. The highest BCUT2D eigenvalue weighted by Gasteiger charge is 2.28. The molecule has 0 heterocycles. The van der Waals surface area contributed by atoms with Gasteiger partial charge < -0.3 is 34.7 Å². The number of rotatable bonds is 11. The van der Waals surface area contributed by atoms with E-state index in [9.17, 15) is 19.2 Å². The van der Waals surface area contributed by atoms with Crippen molar-refractivity contribution in [3.8, 4) is 0 Å². The molecule has 13 heteroatoms. The van der Waals surface area contributed by atoms with Crippen molar-refractivity contribution in [1.29, 1.82) is 0 Å². The Balaban J connectivity index is 5.52. The molecule has 0 aromatic heterocycles. The first kappa shape index (κ1) is 33.4. The van der Waals surface area contributed by atoms with Crippen LogP contribution in [-0.4, -0.2) is 91.6 Å². The van der Waals surface area contributed by atoms with Gasteiger partial charge >= 0.3 is 24.1 Å². The summed E-state index contributed by atoms with van der Waals surface area (Å²) in [5.74, 6) is -1.34. The Morgan fingerprint density at radius 2 is 1.39 bits per heavy atom. The van der Waals surface area contributed by atoms with E-state index in [1.54, 1.807) is 62.3 Å². The monoisotopic (exact) mass is 520 g/mol. The topological polar surface area (TPSA) is 168 Å². The van der Waals surface area contributed by atoms with Gasteiger partial charge in [0.15, 0.2) is 6.17 Å². The quantitative estimate of drug-likeness (QED) is 0.205. The normalized spacial score (nSPS) is 13.8. The molecule has 0 aliphatic rings. The van der Waals surface area contributed by atoms with Gasteiger partial charge in [-0.25, -0.2) is 19.2 Å². The summed E-state index contributed by atoms with van der Waals surface area (Å²) >= 11 is 0.